The van der Waals surface area contributed by atoms with E-state index in [0.29, 0.717) is 17.5 Å². The molecule has 0 unspecified atom stereocenters. The summed E-state index contributed by atoms with van der Waals surface area (Å²) in [6.07, 6.45) is 3.24. The fraction of sp³-hybridized carbons (Fsp3) is 0.238. The summed E-state index contributed by atoms with van der Waals surface area (Å²) in [6.45, 7) is 3.17. The molecule has 3 rings (SSSR count). The topological polar surface area (TPSA) is 123 Å². The lowest BCUT2D eigenvalue weighted by Gasteiger charge is -2.14. The average Bonchev–Trinajstić information content (AvgIpc) is 2.77. The molecule has 0 atom stereocenters. The first-order valence-electron chi connectivity index (χ1n) is 9.80. The Labute approximate surface area is 200 Å². The maximum absolute atomic E-state index is 12.9. The molecule has 12 heteroatoms. The molecule has 1 amide bonds. The van der Waals surface area contributed by atoms with Crippen LogP contribution in [0.1, 0.15) is 16.8 Å². The van der Waals surface area contributed by atoms with Crippen molar-refractivity contribution in [1.82, 2.24) is 19.5 Å². The zero-order valence-electron chi connectivity index (χ0n) is 17.8. The Hall–Kier alpha value is -2.79. The average molecular weight is 510 g/mol. The number of benzene rings is 1. The van der Waals surface area contributed by atoms with E-state index in [1.165, 1.54) is 6.07 Å². The van der Waals surface area contributed by atoms with Crippen molar-refractivity contribution in [1.29, 1.82) is 0 Å². The van der Waals surface area contributed by atoms with Gasteiger partial charge < -0.3 is 5.32 Å². The number of pyridine rings is 1. The van der Waals surface area contributed by atoms with Crippen molar-refractivity contribution in [2.45, 2.75) is 31.7 Å². The van der Waals surface area contributed by atoms with Gasteiger partial charge in [-0.1, -0.05) is 29.3 Å². The first-order chi connectivity index (χ1) is 15.6. The number of nitrogens with zero attached hydrogens (tertiary/aromatic N) is 3. The number of sulfonamides is 1. The number of amides is 1. The molecule has 0 saturated carbocycles. The largest absolute Gasteiger partial charge is 0.324 e. The van der Waals surface area contributed by atoms with Crippen molar-refractivity contribution in [3.8, 4) is 0 Å². The summed E-state index contributed by atoms with van der Waals surface area (Å²) >= 11 is 11.5. The molecule has 0 saturated heterocycles. The maximum Gasteiger partial charge on any atom is 0.287 e. The minimum absolute atomic E-state index is 0.0159. The van der Waals surface area contributed by atoms with Crippen LogP contribution in [0.2, 0.25) is 10.0 Å². The van der Waals surface area contributed by atoms with Gasteiger partial charge in [0, 0.05) is 30.5 Å². The molecule has 0 fully saturated rings. The molecular formula is C21H21Cl2N5O4S. The molecule has 0 radical (unpaired) electrons. The third-order valence-corrected chi connectivity index (χ3v) is 7.16. The molecular weight excluding hydrogens is 489 g/mol. The fourth-order valence-electron chi connectivity index (χ4n) is 3.01. The summed E-state index contributed by atoms with van der Waals surface area (Å²) in [6, 6.07) is 8.44. The van der Waals surface area contributed by atoms with Crippen LogP contribution in [0.25, 0.3) is 0 Å². The van der Waals surface area contributed by atoms with Crippen LogP contribution in [0.15, 0.2) is 52.4 Å². The van der Waals surface area contributed by atoms with E-state index in [9.17, 15) is 18.0 Å². The van der Waals surface area contributed by atoms with E-state index in [1.54, 1.807) is 32.2 Å². The number of aromatic nitrogens is 3. The highest BCUT2D eigenvalue weighted by atomic mass is 35.5. The molecule has 0 aliphatic heterocycles. The van der Waals surface area contributed by atoms with Crippen molar-refractivity contribution < 1.29 is 13.2 Å². The third kappa shape index (κ3) is 6.17. The number of nitrogens with one attached hydrogen (secondary N) is 2. The summed E-state index contributed by atoms with van der Waals surface area (Å²) in [5.41, 5.74) is 1.55. The standard InChI is InChI=1S/C21H21Cl2N5O4S/c1-13-9-16(27-19(29)12-28-21(30)20(23)17(22)11-25-28)10-18(14(13)2)33(31,32)26-8-6-15-5-3-4-7-24-15/h3-5,7,9-11,26H,6,8,12H2,1-2H3,(H,27,29). The van der Waals surface area contributed by atoms with Crippen molar-refractivity contribution in [3.05, 3.63) is 79.9 Å². The van der Waals surface area contributed by atoms with Gasteiger partial charge in [-0.15, -0.1) is 0 Å². The predicted molar refractivity (Wildman–Crippen MR) is 126 cm³/mol. The molecule has 2 aromatic heterocycles. The molecule has 0 spiro atoms. The first-order valence-corrected chi connectivity index (χ1v) is 12.0. The molecule has 33 heavy (non-hydrogen) atoms. The van der Waals surface area contributed by atoms with Crippen LogP contribution in [-0.2, 0) is 27.8 Å². The number of halogens is 2. The van der Waals surface area contributed by atoms with Crippen molar-refractivity contribution in [2.24, 2.45) is 0 Å². The van der Waals surface area contributed by atoms with Crippen LogP contribution < -0.4 is 15.6 Å². The number of rotatable bonds is 8. The number of carbonyl (C=O) groups is 1. The number of anilines is 1. The lowest BCUT2D eigenvalue weighted by Crippen LogP contribution is -2.30. The number of hydrogen-bond donors (Lipinski definition) is 2. The van der Waals surface area contributed by atoms with E-state index < -0.39 is 28.0 Å². The second-order valence-corrected chi connectivity index (χ2v) is 9.72. The summed E-state index contributed by atoms with van der Waals surface area (Å²) in [5, 5.41) is 6.12. The zero-order valence-corrected chi connectivity index (χ0v) is 20.1. The Morgan fingerprint density at radius 3 is 2.64 bits per heavy atom. The van der Waals surface area contributed by atoms with Gasteiger partial charge in [-0.25, -0.2) is 17.8 Å². The summed E-state index contributed by atoms with van der Waals surface area (Å²) in [7, 11) is -3.85. The second kappa shape index (κ2) is 10.4. The minimum atomic E-state index is -3.85. The number of carbonyl (C=O) groups excluding carboxylic acids is 1. The van der Waals surface area contributed by atoms with Crippen molar-refractivity contribution in [3.63, 3.8) is 0 Å². The summed E-state index contributed by atoms with van der Waals surface area (Å²) in [4.78, 5) is 28.8. The fourth-order valence-corrected chi connectivity index (χ4v) is 4.65. The smallest absolute Gasteiger partial charge is 0.287 e. The van der Waals surface area contributed by atoms with Gasteiger partial charge in [-0.05, 0) is 49.2 Å². The van der Waals surface area contributed by atoms with Crippen LogP contribution in [-0.4, -0.2) is 35.6 Å². The van der Waals surface area contributed by atoms with E-state index >= 15 is 0 Å². The van der Waals surface area contributed by atoms with Gasteiger partial charge in [0.15, 0.2) is 0 Å². The molecule has 2 heterocycles. The molecule has 3 aromatic rings. The van der Waals surface area contributed by atoms with E-state index in [1.807, 2.05) is 12.1 Å². The highest BCUT2D eigenvalue weighted by Gasteiger charge is 2.20. The van der Waals surface area contributed by atoms with Crippen LogP contribution in [0, 0.1) is 13.8 Å². The van der Waals surface area contributed by atoms with Gasteiger partial charge in [0.1, 0.15) is 11.6 Å². The normalized spacial score (nSPS) is 11.4. The van der Waals surface area contributed by atoms with Crippen molar-refractivity contribution >= 4 is 44.8 Å². The SMILES string of the molecule is Cc1cc(NC(=O)Cn2ncc(Cl)c(Cl)c2=O)cc(S(=O)(=O)NCCc2ccccn2)c1C. The highest BCUT2D eigenvalue weighted by molar-refractivity contribution is 7.89. The molecule has 0 aliphatic carbocycles. The predicted octanol–water partition coefficient (Wildman–Crippen LogP) is 2.72. The Morgan fingerprint density at radius 1 is 1.18 bits per heavy atom. The Bertz CT molecular complexity index is 1340. The second-order valence-electron chi connectivity index (χ2n) is 7.20. The van der Waals surface area contributed by atoms with Gasteiger partial charge >= 0.3 is 0 Å². The Morgan fingerprint density at radius 2 is 1.94 bits per heavy atom. The van der Waals surface area contributed by atoms with Crippen LogP contribution in [0.3, 0.4) is 0 Å². The quantitative estimate of drug-likeness (QED) is 0.481. The zero-order chi connectivity index (χ0) is 24.2. The van der Waals surface area contributed by atoms with Gasteiger partial charge in [-0.2, -0.15) is 5.10 Å². The van der Waals surface area contributed by atoms with E-state index in [-0.39, 0.29) is 27.2 Å². The number of hydrogen-bond acceptors (Lipinski definition) is 6. The minimum Gasteiger partial charge on any atom is -0.324 e. The van der Waals surface area contributed by atoms with Crippen LogP contribution in [0.4, 0.5) is 5.69 Å². The van der Waals surface area contributed by atoms with Gasteiger partial charge in [-0.3, -0.25) is 14.6 Å². The number of aryl methyl sites for hydroxylation is 1. The van der Waals surface area contributed by atoms with Gasteiger partial charge in [0.2, 0.25) is 15.9 Å². The molecule has 0 aliphatic rings. The van der Waals surface area contributed by atoms with Gasteiger partial charge in [0.05, 0.1) is 16.1 Å². The van der Waals surface area contributed by atoms with E-state index in [0.717, 1.165) is 16.6 Å². The first kappa shape index (κ1) is 24.8. The molecule has 2 N–H and O–H groups in total. The van der Waals surface area contributed by atoms with E-state index in [2.05, 4.69) is 20.1 Å². The van der Waals surface area contributed by atoms with Crippen molar-refractivity contribution in [2.75, 3.05) is 11.9 Å². The highest BCUT2D eigenvalue weighted by Crippen LogP contribution is 2.24. The van der Waals surface area contributed by atoms with Crippen LogP contribution in [0.5, 0.6) is 0 Å². The molecule has 0 bridgehead atoms. The summed E-state index contributed by atoms with van der Waals surface area (Å²) in [5.74, 6) is -0.585. The van der Waals surface area contributed by atoms with Crippen LogP contribution >= 0.6 is 23.2 Å². The molecule has 174 valence electrons. The Kier molecular flexibility index (Phi) is 7.85. The summed E-state index contributed by atoms with van der Waals surface area (Å²) < 4.78 is 29.3. The lowest BCUT2D eigenvalue weighted by molar-refractivity contribution is -0.117. The Balaban J connectivity index is 1.75. The monoisotopic (exact) mass is 509 g/mol. The lowest BCUT2D eigenvalue weighted by atomic mass is 10.1. The third-order valence-electron chi connectivity index (χ3n) is 4.83. The maximum atomic E-state index is 12.9. The molecule has 9 nitrogen and oxygen atoms in total. The molecule has 1 aromatic carbocycles. The van der Waals surface area contributed by atoms with E-state index in [4.69, 9.17) is 23.2 Å². The van der Waals surface area contributed by atoms with Gasteiger partial charge in [0.25, 0.3) is 5.56 Å².